The molecule has 0 fully saturated rings. The van der Waals surface area contributed by atoms with Gasteiger partial charge in [0, 0.05) is 11.8 Å². The summed E-state index contributed by atoms with van der Waals surface area (Å²) in [7, 11) is 1.28. The first kappa shape index (κ1) is 17.3. The molecule has 0 unspecified atom stereocenters. The number of nitrogens with zero attached hydrogens (tertiary/aromatic N) is 4. The van der Waals surface area contributed by atoms with Crippen molar-refractivity contribution in [3.8, 4) is 5.75 Å². The summed E-state index contributed by atoms with van der Waals surface area (Å²) in [5.74, 6) is -0.302. The molecule has 8 nitrogen and oxygen atoms in total. The highest BCUT2D eigenvalue weighted by molar-refractivity contribution is 5.94. The number of Topliss-reactive ketones (excluding diaryl/α,β-unsaturated/α-hetero) is 1. The first-order valence-corrected chi connectivity index (χ1v) is 7.78. The maximum absolute atomic E-state index is 11.6. The van der Waals surface area contributed by atoms with E-state index in [1.807, 2.05) is 0 Å². The number of carbonyl (C=O) groups excluding carboxylic acids is 2. The van der Waals surface area contributed by atoms with Gasteiger partial charge in [0.05, 0.1) is 24.9 Å². The van der Waals surface area contributed by atoms with Gasteiger partial charge in [-0.3, -0.25) is 14.0 Å². The molecule has 132 valence electrons. The molecule has 8 heteroatoms. The van der Waals surface area contributed by atoms with Gasteiger partial charge in [0.15, 0.2) is 23.0 Å². The van der Waals surface area contributed by atoms with E-state index in [2.05, 4.69) is 19.9 Å². The summed E-state index contributed by atoms with van der Waals surface area (Å²) in [5.41, 5.74) is 1.59. The minimum Gasteiger partial charge on any atom is -0.504 e. The minimum absolute atomic E-state index is 0.0429. The largest absolute Gasteiger partial charge is 0.504 e. The maximum Gasteiger partial charge on any atom is 0.311 e. The Hall–Kier alpha value is -3.55. The zero-order chi connectivity index (χ0) is 18.7. The lowest BCUT2D eigenvalue weighted by Gasteiger charge is -2.00. The van der Waals surface area contributed by atoms with Crippen LogP contribution in [0.3, 0.4) is 0 Å². The van der Waals surface area contributed by atoms with E-state index in [1.165, 1.54) is 24.5 Å². The number of aromatic nitrogens is 2. The van der Waals surface area contributed by atoms with Crippen molar-refractivity contribution >= 4 is 28.9 Å². The van der Waals surface area contributed by atoms with Crippen molar-refractivity contribution in [2.24, 2.45) is 10.2 Å². The molecule has 1 aromatic carbocycles. The maximum atomic E-state index is 11.6. The second kappa shape index (κ2) is 7.14. The highest BCUT2D eigenvalue weighted by Crippen LogP contribution is 2.28. The predicted molar refractivity (Wildman–Crippen MR) is 93.2 cm³/mol. The molecule has 0 bridgehead atoms. The summed E-state index contributed by atoms with van der Waals surface area (Å²) in [4.78, 5) is 27.4. The lowest BCUT2D eigenvalue weighted by atomic mass is 10.1. The molecule has 0 atom stereocenters. The zero-order valence-electron chi connectivity index (χ0n) is 14.2. The molecule has 3 aromatic rings. The highest BCUT2D eigenvalue weighted by Gasteiger charge is 2.17. The van der Waals surface area contributed by atoms with Crippen LogP contribution in [0.2, 0.25) is 0 Å². The van der Waals surface area contributed by atoms with Crippen molar-refractivity contribution < 1.29 is 19.4 Å². The molecule has 0 spiro atoms. The van der Waals surface area contributed by atoms with Crippen LogP contribution >= 0.6 is 0 Å². The number of rotatable bonds is 5. The first-order valence-electron chi connectivity index (χ1n) is 7.78. The number of pyridine rings is 1. The monoisotopic (exact) mass is 352 g/mol. The van der Waals surface area contributed by atoms with Gasteiger partial charge in [0.25, 0.3) is 0 Å². The van der Waals surface area contributed by atoms with Crippen LogP contribution in [0.4, 0.5) is 11.5 Å². The molecule has 1 N–H and O–H groups in total. The van der Waals surface area contributed by atoms with Gasteiger partial charge in [0.2, 0.25) is 0 Å². The molecule has 0 saturated carbocycles. The summed E-state index contributed by atoms with van der Waals surface area (Å²) >= 11 is 0. The van der Waals surface area contributed by atoms with E-state index < -0.39 is 5.97 Å². The van der Waals surface area contributed by atoms with Crippen LogP contribution in [0, 0.1) is 0 Å². The molecule has 0 saturated heterocycles. The standard InChI is InChI=1S/C18H16N4O4/c1-11(23)12-5-3-6-13(9-12)20-21-17-14(10-16(25)26-2)19-18-15(24)7-4-8-22(17)18/h3-9,24H,10H2,1-2H3. The van der Waals surface area contributed by atoms with Crippen molar-refractivity contribution in [1.82, 2.24) is 9.38 Å². The number of ether oxygens (including phenoxy) is 1. The molecular weight excluding hydrogens is 336 g/mol. The van der Waals surface area contributed by atoms with E-state index in [1.54, 1.807) is 36.5 Å². The fourth-order valence-corrected chi connectivity index (χ4v) is 2.41. The minimum atomic E-state index is -0.483. The Labute approximate surface area is 148 Å². The Balaban J connectivity index is 2.06. The molecule has 2 heterocycles. The Kier molecular flexibility index (Phi) is 4.74. The number of azo groups is 1. The molecule has 26 heavy (non-hydrogen) atoms. The quantitative estimate of drug-likeness (QED) is 0.430. The Bertz CT molecular complexity index is 1020. The van der Waals surface area contributed by atoms with Crippen LogP contribution in [0.1, 0.15) is 23.0 Å². The second-order valence-corrected chi connectivity index (χ2v) is 5.53. The van der Waals surface area contributed by atoms with E-state index in [4.69, 9.17) is 0 Å². The summed E-state index contributed by atoms with van der Waals surface area (Å²) in [6, 6.07) is 9.84. The average molecular weight is 352 g/mol. The fourth-order valence-electron chi connectivity index (χ4n) is 2.41. The van der Waals surface area contributed by atoms with E-state index in [0.29, 0.717) is 22.8 Å². The number of hydrogen-bond acceptors (Lipinski definition) is 7. The fraction of sp³-hybridized carbons (Fsp3) is 0.167. The lowest BCUT2D eigenvalue weighted by Crippen LogP contribution is -2.04. The lowest BCUT2D eigenvalue weighted by molar-refractivity contribution is -0.139. The molecule has 0 aliphatic rings. The van der Waals surface area contributed by atoms with Gasteiger partial charge >= 0.3 is 5.97 Å². The SMILES string of the molecule is COC(=O)Cc1nc2c(O)cccn2c1N=Nc1cccc(C(C)=O)c1. The van der Waals surface area contributed by atoms with Crippen molar-refractivity contribution in [1.29, 1.82) is 0 Å². The summed E-state index contributed by atoms with van der Waals surface area (Å²) in [6.45, 7) is 1.47. The number of ketones is 1. The summed E-state index contributed by atoms with van der Waals surface area (Å²) in [6.07, 6.45) is 1.54. The van der Waals surface area contributed by atoms with Crippen molar-refractivity contribution in [3.05, 3.63) is 53.9 Å². The highest BCUT2D eigenvalue weighted by atomic mass is 16.5. The van der Waals surface area contributed by atoms with Crippen LogP contribution in [-0.2, 0) is 16.0 Å². The topological polar surface area (TPSA) is 106 Å². The number of aromatic hydroxyl groups is 1. The number of fused-ring (bicyclic) bond motifs is 1. The van der Waals surface area contributed by atoms with Crippen LogP contribution in [0.25, 0.3) is 5.65 Å². The molecule has 0 amide bonds. The molecular formula is C18H16N4O4. The van der Waals surface area contributed by atoms with E-state index in [0.717, 1.165) is 0 Å². The molecule has 0 radical (unpaired) electrons. The van der Waals surface area contributed by atoms with E-state index >= 15 is 0 Å². The van der Waals surface area contributed by atoms with E-state index in [9.17, 15) is 14.7 Å². The Morgan fingerprint density at radius 1 is 1.23 bits per heavy atom. The van der Waals surface area contributed by atoms with Crippen LogP contribution < -0.4 is 0 Å². The van der Waals surface area contributed by atoms with Crippen LogP contribution in [-0.4, -0.2) is 33.4 Å². The van der Waals surface area contributed by atoms with Gasteiger partial charge in [-0.2, -0.15) is 0 Å². The van der Waals surface area contributed by atoms with Gasteiger partial charge in [-0.25, -0.2) is 4.98 Å². The van der Waals surface area contributed by atoms with Gasteiger partial charge in [0.1, 0.15) is 0 Å². The Morgan fingerprint density at radius 3 is 2.77 bits per heavy atom. The van der Waals surface area contributed by atoms with Gasteiger partial charge in [-0.1, -0.05) is 12.1 Å². The number of carbonyl (C=O) groups is 2. The normalized spacial score (nSPS) is 11.2. The third-order valence-electron chi connectivity index (χ3n) is 3.73. The molecule has 2 aromatic heterocycles. The van der Waals surface area contributed by atoms with Gasteiger partial charge < -0.3 is 9.84 Å². The summed E-state index contributed by atoms with van der Waals surface area (Å²) in [5, 5.41) is 18.3. The second-order valence-electron chi connectivity index (χ2n) is 5.53. The number of esters is 1. The van der Waals surface area contributed by atoms with Gasteiger partial charge in [-0.05, 0) is 31.2 Å². The third-order valence-corrected chi connectivity index (χ3v) is 3.73. The molecule has 3 rings (SSSR count). The van der Waals surface area contributed by atoms with Crippen molar-refractivity contribution in [3.63, 3.8) is 0 Å². The van der Waals surface area contributed by atoms with Crippen LogP contribution in [0.15, 0.2) is 52.8 Å². The molecule has 0 aliphatic carbocycles. The average Bonchev–Trinajstić information content (AvgIpc) is 2.98. The number of methoxy groups -OCH3 is 1. The predicted octanol–water partition coefficient (Wildman–Crippen LogP) is 3.37. The smallest absolute Gasteiger partial charge is 0.311 e. The number of hydrogen-bond donors (Lipinski definition) is 1. The van der Waals surface area contributed by atoms with Gasteiger partial charge in [-0.15, -0.1) is 10.2 Å². The first-order chi connectivity index (χ1) is 12.5. The van der Waals surface area contributed by atoms with Crippen LogP contribution in [0.5, 0.6) is 5.75 Å². The van der Waals surface area contributed by atoms with Crippen molar-refractivity contribution in [2.45, 2.75) is 13.3 Å². The van der Waals surface area contributed by atoms with E-state index in [-0.39, 0.29) is 23.6 Å². The number of benzene rings is 1. The van der Waals surface area contributed by atoms with Crippen molar-refractivity contribution in [2.75, 3.05) is 7.11 Å². The summed E-state index contributed by atoms with van der Waals surface area (Å²) < 4.78 is 6.21. The Morgan fingerprint density at radius 2 is 2.04 bits per heavy atom. The third kappa shape index (κ3) is 3.44. The zero-order valence-corrected chi connectivity index (χ0v) is 14.2. The molecule has 0 aliphatic heterocycles. The number of imidazole rings is 1.